The van der Waals surface area contributed by atoms with Gasteiger partial charge in [0.1, 0.15) is 5.69 Å². The zero-order valence-electron chi connectivity index (χ0n) is 24.9. The molecule has 230 valence electrons. The van der Waals surface area contributed by atoms with Crippen LogP contribution >= 0.6 is 0 Å². The maximum absolute atomic E-state index is 14.0. The maximum atomic E-state index is 14.0. The Balaban J connectivity index is 1.71. The average molecular weight is 606 g/mol. The molecule has 4 aromatic rings. The van der Waals surface area contributed by atoms with Gasteiger partial charge in [-0.25, -0.2) is 18.8 Å². The van der Waals surface area contributed by atoms with Gasteiger partial charge in [0, 0.05) is 12.6 Å². The number of carbonyl (C=O) groups excluding carboxylic acids is 1. The molecule has 12 heteroatoms. The van der Waals surface area contributed by atoms with Gasteiger partial charge in [0.2, 0.25) is 0 Å². The minimum atomic E-state index is -4.62. The molecule has 1 aliphatic carbocycles. The van der Waals surface area contributed by atoms with Crippen LogP contribution in [0.15, 0.2) is 59.5 Å². The highest BCUT2D eigenvalue weighted by atomic mass is 19.4. The van der Waals surface area contributed by atoms with Crippen LogP contribution in [0.25, 0.3) is 22.8 Å². The molecule has 2 aromatic heterocycles. The Morgan fingerprint density at radius 2 is 1.86 bits per heavy atom. The fourth-order valence-corrected chi connectivity index (χ4v) is 5.79. The smallest absolute Gasteiger partial charge is 0.335 e. The van der Waals surface area contributed by atoms with Crippen molar-refractivity contribution in [2.45, 2.75) is 57.7 Å². The summed E-state index contributed by atoms with van der Waals surface area (Å²) in [5.41, 5.74) is 1.15. The van der Waals surface area contributed by atoms with E-state index >= 15 is 0 Å². The second kappa shape index (κ2) is 12.5. The fraction of sp³-hybridized carbons (Fsp3) is 0.375. The van der Waals surface area contributed by atoms with E-state index in [4.69, 9.17) is 0 Å². The molecule has 2 heterocycles. The average Bonchev–Trinajstić information content (AvgIpc) is 3.57. The number of hydrogen-bond acceptors (Lipinski definition) is 5. The van der Waals surface area contributed by atoms with Crippen molar-refractivity contribution in [1.29, 1.82) is 5.26 Å². The lowest BCUT2D eigenvalue weighted by atomic mass is 9.96. The zero-order valence-corrected chi connectivity index (χ0v) is 24.9. The Morgan fingerprint density at radius 3 is 2.55 bits per heavy atom. The van der Waals surface area contributed by atoms with Gasteiger partial charge in [-0.1, -0.05) is 25.3 Å². The molecule has 9 nitrogen and oxygen atoms in total. The first-order valence-corrected chi connectivity index (χ1v) is 14.5. The van der Waals surface area contributed by atoms with Crippen molar-refractivity contribution in [2.24, 2.45) is 0 Å². The highest BCUT2D eigenvalue weighted by Crippen LogP contribution is 2.32. The van der Waals surface area contributed by atoms with E-state index in [0.29, 0.717) is 29.9 Å². The fourth-order valence-electron chi connectivity index (χ4n) is 5.79. The third-order valence-corrected chi connectivity index (χ3v) is 8.00. The van der Waals surface area contributed by atoms with Crippen LogP contribution in [0.5, 0.6) is 0 Å². The van der Waals surface area contributed by atoms with Gasteiger partial charge in [-0.3, -0.25) is 4.57 Å². The molecule has 0 aliphatic heterocycles. The molecule has 5 rings (SSSR count). The van der Waals surface area contributed by atoms with E-state index in [1.54, 1.807) is 35.9 Å². The van der Waals surface area contributed by atoms with E-state index in [2.05, 4.69) is 16.5 Å². The van der Waals surface area contributed by atoms with Crippen molar-refractivity contribution in [3.8, 4) is 28.8 Å². The van der Waals surface area contributed by atoms with Crippen molar-refractivity contribution < 1.29 is 18.0 Å². The van der Waals surface area contributed by atoms with E-state index in [-0.39, 0.29) is 23.1 Å². The minimum Gasteiger partial charge on any atom is -0.335 e. The number of hydrogen-bond donors (Lipinski definition) is 1. The third kappa shape index (κ3) is 6.19. The van der Waals surface area contributed by atoms with E-state index in [1.807, 2.05) is 19.0 Å². The first-order chi connectivity index (χ1) is 21.0. The normalized spacial score (nSPS) is 14.1. The Morgan fingerprint density at radius 1 is 1.11 bits per heavy atom. The number of benzene rings is 2. The second-order valence-electron chi connectivity index (χ2n) is 11.4. The number of nitriles is 1. The molecule has 0 spiro atoms. The molecule has 0 atom stereocenters. The van der Waals surface area contributed by atoms with Gasteiger partial charge >= 0.3 is 17.9 Å². The molecule has 1 aliphatic rings. The van der Waals surface area contributed by atoms with Gasteiger partial charge in [-0.05, 0) is 88.3 Å². The monoisotopic (exact) mass is 605 g/mol. The van der Waals surface area contributed by atoms with Gasteiger partial charge in [0.05, 0.1) is 46.2 Å². The van der Waals surface area contributed by atoms with Crippen LogP contribution < -0.4 is 11.0 Å². The predicted molar refractivity (Wildman–Crippen MR) is 160 cm³/mol. The first kappa shape index (κ1) is 30.8. The second-order valence-corrected chi connectivity index (χ2v) is 11.4. The highest BCUT2D eigenvalue weighted by Gasteiger charge is 2.32. The number of rotatable bonds is 7. The summed E-state index contributed by atoms with van der Waals surface area (Å²) < 4.78 is 44.6. The molecule has 1 fully saturated rings. The summed E-state index contributed by atoms with van der Waals surface area (Å²) >= 11 is 0. The third-order valence-electron chi connectivity index (χ3n) is 8.00. The number of likely N-dealkylation sites (N-methyl/N-ethyl adjacent to an activating group) is 1. The molecule has 1 N–H and O–H groups in total. The predicted octanol–water partition coefficient (Wildman–Crippen LogP) is 5.69. The molecule has 44 heavy (non-hydrogen) atoms. The number of amides is 1. The minimum absolute atomic E-state index is 0.0103. The van der Waals surface area contributed by atoms with Gasteiger partial charge in [0.15, 0.2) is 0 Å². The van der Waals surface area contributed by atoms with Gasteiger partial charge < -0.3 is 10.2 Å². The molecule has 0 saturated heterocycles. The lowest BCUT2D eigenvalue weighted by molar-refractivity contribution is -0.137. The van der Waals surface area contributed by atoms with Crippen LogP contribution in [0.4, 0.5) is 18.0 Å². The summed E-state index contributed by atoms with van der Waals surface area (Å²) in [6.07, 6.45) is 2.06. The van der Waals surface area contributed by atoms with Crippen LogP contribution in [-0.4, -0.2) is 56.5 Å². The number of nitrogens with one attached hydrogen (secondary N) is 1. The van der Waals surface area contributed by atoms with Crippen LogP contribution in [0.3, 0.4) is 0 Å². The first-order valence-electron chi connectivity index (χ1n) is 14.5. The lowest BCUT2D eigenvalue weighted by Gasteiger charge is -2.23. The molecular weight excluding hydrogens is 571 g/mol. The Labute approximate surface area is 253 Å². The van der Waals surface area contributed by atoms with Crippen molar-refractivity contribution >= 4 is 6.03 Å². The lowest BCUT2D eigenvalue weighted by Crippen LogP contribution is -2.43. The molecule has 0 unspecified atom stereocenters. The van der Waals surface area contributed by atoms with Crippen LogP contribution in [0.1, 0.15) is 54.5 Å². The molecule has 1 amide bonds. The summed E-state index contributed by atoms with van der Waals surface area (Å²) in [6, 6.07) is 12.8. The van der Waals surface area contributed by atoms with E-state index in [1.165, 1.54) is 18.3 Å². The van der Waals surface area contributed by atoms with Crippen LogP contribution in [-0.2, 0) is 12.6 Å². The molecular formula is C32H34F3N7O2. The highest BCUT2D eigenvalue weighted by molar-refractivity contribution is 5.83. The molecule has 0 bridgehead atoms. The number of halogens is 3. The zero-order chi connectivity index (χ0) is 31.6. The van der Waals surface area contributed by atoms with Crippen LogP contribution in [0, 0.1) is 18.3 Å². The number of imidazole rings is 1. The Kier molecular flexibility index (Phi) is 8.78. The SMILES string of the molecule is Cc1c(-c2ccnn2-c2ccc(C#N)cc2CCN(C)C)n(C(=O)NC2CCCCC2)c(=O)n1-c1cccc(C(F)(F)F)c1. The number of nitrogens with zero attached hydrogens (tertiary/aromatic N) is 6. The number of aromatic nitrogens is 4. The maximum Gasteiger partial charge on any atom is 0.416 e. The summed E-state index contributed by atoms with van der Waals surface area (Å²) in [6.45, 7) is 2.29. The van der Waals surface area contributed by atoms with E-state index in [9.17, 15) is 28.0 Å². The molecule has 0 radical (unpaired) electrons. The summed E-state index contributed by atoms with van der Waals surface area (Å²) in [4.78, 5) is 29.9. The largest absolute Gasteiger partial charge is 0.416 e. The van der Waals surface area contributed by atoms with E-state index in [0.717, 1.165) is 58.9 Å². The quantitative estimate of drug-likeness (QED) is 0.292. The Bertz CT molecular complexity index is 1770. The summed E-state index contributed by atoms with van der Waals surface area (Å²) in [5.74, 6) is 0. The van der Waals surface area contributed by atoms with Crippen molar-refractivity contribution in [3.05, 3.63) is 87.6 Å². The van der Waals surface area contributed by atoms with Crippen LogP contribution in [0.2, 0.25) is 0 Å². The van der Waals surface area contributed by atoms with Crippen molar-refractivity contribution in [1.82, 2.24) is 29.1 Å². The summed E-state index contributed by atoms with van der Waals surface area (Å²) in [7, 11) is 3.88. The topological polar surface area (TPSA) is 101 Å². The van der Waals surface area contributed by atoms with Crippen molar-refractivity contribution in [3.63, 3.8) is 0 Å². The Hall–Kier alpha value is -4.63. The summed E-state index contributed by atoms with van der Waals surface area (Å²) in [5, 5.41) is 17.1. The van der Waals surface area contributed by atoms with Gasteiger partial charge in [-0.2, -0.15) is 23.5 Å². The molecule has 2 aromatic carbocycles. The molecule has 1 saturated carbocycles. The number of alkyl halides is 3. The van der Waals surface area contributed by atoms with Crippen molar-refractivity contribution in [2.75, 3.05) is 20.6 Å². The van der Waals surface area contributed by atoms with Gasteiger partial charge in [-0.15, -0.1) is 0 Å². The number of carbonyl (C=O) groups is 1. The standard InChI is InChI=1S/C32H34F3N7O2/c1-21-29(28-14-16-37-42(28)27-13-12-22(20-36)18-23(27)15-17-39(2)3)41(30(43)38-25-9-5-4-6-10-25)31(44)40(21)26-11-7-8-24(19-26)32(33,34)35/h7-8,11-14,16,18-19,25H,4-6,9-10,15,17H2,1-3H3,(H,38,43). The van der Waals surface area contributed by atoms with E-state index < -0.39 is 23.5 Å². The van der Waals surface area contributed by atoms with Gasteiger partial charge in [0.25, 0.3) is 0 Å².